The molecule has 74 valence electrons. The van der Waals surface area contributed by atoms with Gasteiger partial charge in [-0.2, -0.15) is 5.26 Å². The Balaban J connectivity index is 2.92. The van der Waals surface area contributed by atoms with Crippen molar-refractivity contribution in [1.82, 2.24) is 0 Å². The Hall–Kier alpha value is -0.950. The maximum absolute atomic E-state index is 13.4. The van der Waals surface area contributed by atoms with E-state index in [1.165, 1.54) is 6.07 Å². The third kappa shape index (κ3) is 2.52. The number of benzene rings is 1. The van der Waals surface area contributed by atoms with Gasteiger partial charge in [-0.1, -0.05) is 34.1 Å². The average Bonchev–Trinajstić information content (AvgIpc) is 2.15. The quantitative estimate of drug-likeness (QED) is 0.809. The van der Waals surface area contributed by atoms with E-state index in [9.17, 15) is 8.78 Å². The summed E-state index contributed by atoms with van der Waals surface area (Å²) in [5, 5.41) is 8.25. The Labute approximate surface area is 89.5 Å². The molecule has 4 heteroatoms. The fraction of sp³-hybridized carbons (Fsp3) is 0.300. The number of rotatable bonds is 3. The van der Waals surface area contributed by atoms with Crippen LogP contribution in [-0.4, -0.2) is 0 Å². The lowest BCUT2D eigenvalue weighted by Gasteiger charge is -2.16. The molecule has 0 saturated carbocycles. The predicted molar refractivity (Wildman–Crippen MR) is 52.9 cm³/mol. The van der Waals surface area contributed by atoms with E-state index in [1.54, 1.807) is 24.3 Å². The minimum Gasteiger partial charge on any atom is -0.201 e. The third-order valence-corrected chi connectivity index (χ3v) is 2.51. The first-order chi connectivity index (χ1) is 6.58. The molecule has 1 aromatic carbocycles. The summed E-state index contributed by atoms with van der Waals surface area (Å²) in [5.74, 6) is -2.93. The number of hydrogen-bond donors (Lipinski definition) is 0. The summed E-state index contributed by atoms with van der Waals surface area (Å²) in [6, 6.07) is 7.88. The molecule has 0 aliphatic rings. The van der Waals surface area contributed by atoms with E-state index in [0.717, 1.165) is 0 Å². The summed E-state index contributed by atoms with van der Waals surface area (Å²) >= 11 is 3.06. The summed E-state index contributed by atoms with van der Waals surface area (Å²) in [6.45, 7) is 0. The summed E-state index contributed by atoms with van der Waals surface area (Å²) in [7, 11) is 0. The number of hydrogen-bond acceptors (Lipinski definition) is 1. The van der Waals surface area contributed by atoms with Crippen molar-refractivity contribution >= 4 is 15.9 Å². The molecule has 0 N–H and O–H groups in total. The molecule has 0 radical (unpaired) electrons. The first kappa shape index (κ1) is 11.1. The largest absolute Gasteiger partial charge is 0.275 e. The monoisotopic (exact) mass is 259 g/mol. The van der Waals surface area contributed by atoms with E-state index in [1.807, 2.05) is 0 Å². The second kappa shape index (κ2) is 4.52. The molecule has 1 rings (SSSR count). The SMILES string of the molecule is N#CCCC(F)(F)c1ccccc1Br. The molecule has 0 amide bonds. The molecule has 0 atom stereocenters. The zero-order valence-electron chi connectivity index (χ0n) is 7.30. The molecule has 14 heavy (non-hydrogen) atoms. The zero-order chi connectivity index (χ0) is 10.6. The lowest BCUT2D eigenvalue weighted by Crippen LogP contribution is -2.13. The van der Waals surface area contributed by atoms with Crippen LogP contribution in [0.4, 0.5) is 8.78 Å². The molecule has 0 aliphatic heterocycles. The normalized spacial score (nSPS) is 11.0. The molecule has 0 fully saturated rings. The first-order valence-corrected chi connectivity index (χ1v) is 4.87. The van der Waals surface area contributed by atoms with Crippen molar-refractivity contribution in [3.05, 3.63) is 34.3 Å². The van der Waals surface area contributed by atoms with Crippen LogP contribution in [-0.2, 0) is 5.92 Å². The van der Waals surface area contributed by atoms with Crippen LogP contribution in [0.2, 0.25) is 0 Å². The van der Waals surface area contributed by atoms with Gasteiger partial charge in [-0.15, -0.1) is 0 Å². The molecular weight excluding hydrogens is 252 g/mol. The van der Waals surface area contributed by atoms with Gasteiger partial charge in [-0.05, 0) is 6.07 Å². The fourth-order valence-corrected chi connectivity index (χ4v) is 1.68. The summed E-state index contributed by atoms with van der Waals surface area (Å²) in [4.78, 5) is 0. The fourth-order valence-electron chi connectivity index (χ4n) is 1.11. The minimum atomic E-state index is -2.93. The molecule has 0 bridgehead atoms. The van der Waals surface area contributed by atoms with E-state index in [2.05, 4.69) is 15.9 Å². The molecule has 1 aromatic rings. The van der Waals surface area contributed by atoms with Crippen molar-refractivity contribution in [1.29, 1.82) is 5.26 Å². The van der Waals surface area contributed by atoms with Crippen LogP contribution in [0.25, 0.3) is 0 Å². The molecular formula is C10H8BrF2N. The zero-order valence-corrected chi connectivity index (χ0v) is 8.89. The Morgan fingerprint density at radius 1 is 1.36 bits per heavy atom. The number of alkyl halides is 2. The highest BCUT2D eigenvalue weighted by Crippen LogP contribution is 2.36. The highest BCUT2D eigenvalue weighted by atomic mass is 79.9. The van der Waals surface area contributed by atoms with Gasteiger partial charge in [0.25, 0.3) is 5.92 Å². The number of nitriles is 1. The first-order valence-electron chi connectivity index (χ1n) is 4.08. The van der Waals surface area contributed by atoms with Crippen LogP contribution in [0.1, 0.15) is 18.4 Å². The lowest BCUT2D eigenvalue weighted by atomic mass is 10.0. The maximum atomic E-state index is 13.4. The Morgan fingerprint density at radius 3 is 2.57 bits per heavy atom. The van der Waals surface area contributed by atoms with E-state index < -0.39 is 12.3 Å². The van der Waals surface area contributed by atoms with Crippen LogP contribution in [0.15, 0.2) is 28.7 Å². The highest BCUT2D eigenvalue weighted by Gasteiger charge is 2.32. The van der Waals surface area contributed by atoms with Crippen molar-refractivity contribution in [2.45, 2.75) is 18.8 Å². The van der Waals surface area contributed by atoms with Gasteiger partial charge < -0.3 is 0 Å². The molecule has 0 aliphatic carbocycles. The standard InChI is InChI=1S/C10H8BrF2N/c11-9-5-2-1-4-8(9)10(12,13)6-3-7-14/h1-2,4-5H,3,6H2. The Morgan fingerprint density at radius 2 is 2.00 bits per heavy atom. The van der Waals surface area contributed by atoms with Gasteiger partial charge in [0, 0.05) is 22.9 Å². The molecule has 0 saturated heterocycles. The second-order valence-corrected chi connectivity index (χ2v) is 3.70. The molecule has 1 nitrogen and oxygen atoms in total. The summed E-state index contributed by atoms with van der Waals surface area (Å²) in [6.07, 6.45) is -0.583. The van der Waals surface area contributed by atoms with Crippen molar-refractivity contribution < 1.29 is 8.78 Å². The van der Waals surface area contributed by atoms with E-state index in [0.29, 0.717) is 4.47 Å². The van der Waals surface area contributed by atoms with Crippen molar-refractivity contribution in [2.24, 2.45) is 0 Å². The van der Waals surface area contributed by atoms with Crippen molar-refractivity contribution in [2.75, 3.05) is 0 Å². The lowest BCUT2D eigenvalue weighted by molar-refractivity contribution is -0.0126. The predicted octanol–water partition coefficient (Wildman–Crippen LogP) is 3.84. The van der Waals surface area contributed by atoms with Gasteiger partial charge in [0.1, 0.15) is 0 Å². The Kier molecular flexibility index (Phi) is 3.59. The number of nitrogens with zero attached hydrogens (tertiary/aromatic N) is 1. The van der Waals surface area contributed by atoms with Crippen molar-refractivity contribution in [3.8, 4) is 6.07 Å². The van der Waals surface area contributed by atoms with Gasteiger partial charge in [-0.3, -0.25) is 0 Å². The van der Waals surface area contributed by atoms with E-state index in [-0.39, 0.29) is 12.0 Å². The minimum absolute atomic E-state index is 0.0600. The summed E-state index contributed by atoms with van der Waals surface area (Å²) in [5.41, 5.74) is -0.0600. The smallest absolute Gasteiger partial charge is 0.201 e. The molecule has 0 unspecified atom stereocenters. The van der Waals surface area contributed by atoms with Gasteiger partial charge in [-0.25, -0.2) is 8.78 Å². The van der Waals surface area contributed by atoms with Crippen LogP contribution in [0.5, 0.6) is 0 Å². The Bertz CT molecular complexity index is 357. The van der Waals surface area contributed by atoms with E-state index in [4.69, 9.17) is 5.26 Å². The van der Waals surface area contributed by atoms with Crippen LogP contribution in [0.3, 0.4) is 0 Å². The van der Waals surface area contributed by atoms with Gasteiger partial charge in [0.15, 0.2) is 0 Å². The molecule has 0 heterocycles. The third-order valence-electron chi connectivity index (χ3n) is 1.82. The highest BCUT2D eigenvalue weighted by molar-refractivity contribution is 9.10. The number of halogens is 3. The van der Waals surface area contributed by atoms with Gasteiger partial charge in [0.05, 0.1) is 6.07 Å². The summed E-state index contributed by atoms with van der Waals surface area (Å²) < 4.78 is 27.2. The van der Waals surface area contributed by atoms with Crippen LogP contribution < -0.4 is 0 Å². The van der Waals surface area contributed by atoms with Gasteiger partial charge >= 0.3 is 0 Å². The van der Waals surface area contributed by atoms with Gasteiger partial charge in [0.2, 0.25) is 0 Å². The second-order valence-electron chi connectivity index (χ2n) is 2.84. The topological polar surface area (TPSA) is 23.8 Å². The van der Waals surface area contributed by atoms with Crippen molar-refractivity contribution in [3.63, 3.8) is 0 Å². The average molecular weight is 260 g/mol. The molecule has 0 aromatic heterocycles. The molecule has 0 spiro atoms. The maximum Gasteiger partial charge on any atom is 0.275 e. The van der Waals surface area contributed by atoms with Crippen LogP contribution in [0, 0.1) is 11.3 Å². The van der Waals surface area contributed by atoms with E-state index >= 15 is 0 Å². The van der Waals surface area contributed by atoms with Crippen LogP contribution >= 0.6 is 15.9 Å².